The van der Waals surface area contributed by atoms with Crippen molar-refractivity contribution in [1.82, 2.24) is 0 Å². The predicted molar refractivity (Wildman–Crippen MR) is 96.4 cm³/mol. The van der Waals surface area contributed by atoms with Crippen molar-refractivity contribution in [2.45, 2.75) is 44.9 Å². The molecule has 0 spiro atoms. The molecule has 23 heavy (non-hydrogen) atoms. The molecule has 1 aliphatic carbocycles. The summed E-state index contributed by atoms with van der Waals surface area (Å²) in [6.07, 6.45) is 8.03. The molecular formula is C19H22N2OS. The second kappa shape index (κ2) is 6.00. The smallest absolute Gasteiger partial charge is 0.268 e. The molecule has 1 amide bonds. The first-order valence-corrected chi connectivity index (χ1v) is 9.36. The fourth-order valence-corrected chi connectivity index (χ4v) is 4.97. The molecule has 2 aromatic rings. The number of thiophene rings is 1. The molecule has 2 N–H and O–H groups in total. The maximum absolute atomic E-state index is 13.1. The molecule has 0 atom stereocenters. The lowest BCUT2D eigenvalue weighted by Crippen LogP contribution is -2.35. The lowest BCUT2D eigenvalue weighted by molar-refractivity contribution is 0.0989. The molecule has 1 aromatic carbocycles. The SMILES string of the molecule is Nc1cccc2c1CCCN2C(=O)c1cc2c(s1)CCCCC2. The zero-order valence-corrected chi connectivity index (χ0v) is 14.1. The highest BCUT2D eigenvalue weighted by Crippen LogP contribution is 2.35. The van der Waals surface area contributed by atoms with Crippen LogP contribution in [0, 0.1) is 0 Å². The largest absolute Gasteiger partial charge is 0.398 e. The Morgan fingerprint density at radius 3 is 2.87 bits per heavy atom. The maximum Gasteiger partial charge on any atom is 0.268 e. The first kappa shape index (κ1) is 14.8. The summed E-state index contributed by atoms with van der Waals surface area (Å²) in [6.45, 7) is 0.790. The predicted octanol–water partition coefficient (Wildman–Crippen LogP) is 4.19. The second-order valence-corrected chi connectivity index (χ2v) is 7.66. The molecule has 0 radical (unpaired) electrons. The van der Waals surface area contributed by atoms with Gasteiger partial charge in [0.1, 0.15) is 0 Å². The summed E-state index contributed by atoms with van der Waals surface area (Å²) in [6, 6.07) is 8.05. The molecule has 120 valence electrons. The molecular weight excluding hydrogens is 304 g/mol. The van der Waals surface area contributed by atoms with E-state index in [1.165, 1.54) is 29.7 Å². The molecule has 2 aliphatic rings. The third-order valence-corrected chi connectivity index (χ3v) is 6.21. The lowest BCUT2D eigenvalue weighted by atomic mass is 9.99. The van der Waals surface area contributed by atoms with Crippen molar-refractivity contribution >= 4 is 28.6 Å². The summed E-state index contributed by atoms with van der Waals surface area (Å²) in [5, 5.41) is 0. The van der Waals surface area contributed by atoms with Crippen LogP contribution in [0.3, 0.4) is 0 Å². The number of nitrogens with zero attached hydrogens (tertiary/aromatic N) is 1. The third-order valence-electron chi connectivity index (χ3n) is 4.99. The second-order valence-electron chi connectivity index (χ2n) is 6.52. The van der Waals surface area contributed by atoms with Crippen molar-refractivity contribution in [2.75, 3.05) is 17.2 Å². The van der Waals surface area contributed by atoms with Crippen LogP contribution in [0.4, 0.5) is 11.4 Å². The van der Waals surface area contributed by atoms with E-state index in [1.807, 2.05) is 23.1 Å². The number of nitrogen functional groups attached to an aromatic ring is 1. The van der Waals surface area contributed by atoms with Gasteiger partial charge in [-0.25, -0.2) is 0 Å². The van der Waals surface area contributed by atoms with Gasteiger partial charge in [-0.1, -0.05) is 12.5 Å². The van der Waals surface area contributed by atoms with E-state index in [1.54, 1.807) is 11.3 Å². The van der Waals surface area contributed by atoms with Gasteiger partial charge in [0.25, 0.3) is 5.91 Å². The number of fused-ring (bicyclic) bond motifs is 2. The van der Waals surface area contributed by atoms with Crippen LogP contribution in [0.2, 0.25) is 0 Å². The number of nitrogens with two attached hydrogens (primary N) is 1. The number of anilines is 2. The van der Waals surface area contributed by atoms with Crippen molar-refractivity contribution in [3.05, 3.63) is 45.1 Å². The van der Waals surface area contributed by atoms with Crippen molar-refractivity contribution in [3.8, 4) is 0 Å². The molecule has 0 fully saturated rings. The van der Waals surface area contributed by atoms with Crippen molar-refractivity contribution in [3.63, 3.8) is 0 Å². The van der Waals surface area contributed by atoms with Gasteiger partial charge in [-0.15, -0.1) is 11.3 Å². The number of hydrogen-bond acceptors (Lipinski definition) is 3. The number of rotatable bonds is 1. The van der Waals surface area contributed by atoms with Gasteiger partial charge in [0.05, 0.1) is 4.88 Å². The van der Waals surface area contributed by atoms with E-state index < -0.39 is 0 Å². The molecule has 4 heteroatoms. The Kier molecular flexibility index (Phi) is 3.85. The summed E-state index contributed by atoms with van der Waals surface area (Å²) in [5.74, 6) is 0.148. The zero-order valence-electron chi connectivity index (χ0n) is 13.3. The van der Waals surface area contributed by atoms with Crippen LogP contribution in [-0.4, -0.2) is 12.5 Å². The van der Waals surface area contributed by atoms with Crippen molar-refractivity contribution in [2.24, 2.45) is 0 Å². The molecule has 1 aliphatic heterocycles. The quantitative estimate of drug-likeness (QED) is 0.631. The molecule has 0 bridgehead atoms. The van der Waals surface area contributed by atoms with Crippen LogP contribution in [0.5, 0.6) is 0 Å². The standard InChI is InChI=1S/C19H22N2OS/c20-15-8-4-9-16-14(15)7-5-11-21(16)19(22)18-12-13-6-2-1-3-10-17(13)23-18/h4,8-9,12H,1-3,5-7,10-11,20H2. The number of benzene rings is 1. The van der Waals surface area contributed by atoms with Gasteiger partial charge in [-0.2, -0.15) is 0 Å². The molecule has 1 aromatic heterocycles. The van der Waals surface area contributed by atoms with Crippen molar-refractivity contribution in [1.29, 1.82) is 0 Å². The third kappa shape index (κ3) is 2.65. The first-order valence-electron chi connectivity index (χ1n) is 8.55. The van der Waals surface area contributed by atoms with Crippen molar-refractivity contribution < 1.29 is 4.79 Å². The summed E-state index contributed by atoms with van der Waals surface area (Å²) in [7, 11) is 0. The van der Waals surface area contributed by atoms with Gasteiger partial charge in [0.2, 0.25) is 0 Å². The minimum atomic E-state index is 0.148. The Bertz CT molecular complexity index is 726. The van der Waals surface area contributed by atoms with E-state index in [2.05, 4.69) is 6.07 Å². The van der Waals surface area contributed by atoms with Crippen LogP contribution >= 0.6 is 11.3 Å². The Labute approximate surface area is 141 Å². The van der Waals surface area contributed by atoms with Gasteiger partial charge in [0, 0.05) is 22.8 Å². The molecule has 2 heterocycles. The zero-order chi connectivity index (χ0) is 15.8. The normalized spacial score (nSPS) is 17.3. The van der Waals surface area contributed by atoms with E-state index in [4.69, 9.17) is 5.73 Å². The molecule has 4 rings (SSSR count). The Morgan fingerprint density at radius 1 is 1.09 bits per heavy atom. The van der Waals surface area contributed by atoms with Gasteiger partial charge in [-0.05, 0) is 67.9 Å². The highest BCUT2D eigenvalue weighted by Gasteiger charge is 2.26. The lowest BCUT2D eigenvalue weighted by Gasteiger charge is -2.30. The van der Waals surface area contributed by atoms with Gasteiger partial charge in [-0.3, -0.25) is 4.79 Å². The highest BCUT2D eigenvalue weighted by atomic mass is 32.1. The Morgan fingerprint density at radius 2 is 1.96 bits per heavy atom. The number of hydrogen-bond donors (Lipinski definition) is 1. The number of carbonyl (C=O) groups is 1. The van der Waals surface area contributed by atoms with E-state index in [0.717, 1.165) is 54.0 Å². The van der Waals surface area contributed by atoms with E-state index in [-0.39, 0.29) is 5.91 Å². The van der Waals surface area contributed by atoms with Gasteiger partial charge >= 0.3 is 0 Å². The maximum atomic E-state index is 13.1. The number of carbonyl (C=O) groups excluding carboxylic acids is 1. The number of amides is 1. The molecule has 0 saturated heterocycles. The summed E-state index contributed by atoms with van der Waals surface area (Å²) in [4.78, 5) is 17.3. The van der Waals surface area contributed by atoms with Crippen LogP contribution in [0.1, 0.15) is 51.4 Å². The van der Waals surface area contributed by atoms with Gasteiger partial charge < -0.3 is 10.6 Å². The highest BCUT2D eigenvalue weighted by molar-refractivity contribution is 7.14. The average molecular weight is 326 g/mol. The molecule has 0 unspecified atom stereocenters. The van der Waals surface area contributed by atoms with Crippen LogP contribution in [0.25, 0.3) is 0 Å². The summed E-state index contributed by atoms with van der Waals surface area (Å²) in [5.41, 5.74) is 10.4. The fraction of sp³-hybridized carbons (Fsp3) is 0.421. The van der Waals surface area contributed by atoms with Crippen LogP contribution < -0.4 is 10.6 Å². The Hall–Kier alpha value is -1.81. The van der Waals surface area contributed by atoms with E-state index in [9.17, 15) is 4.79 Å². The van der Waals surface area contributed by atoms with E-state index >= 15 is 0 Å². The van der Waals surface area contributed by atoms with Gasteiger partial charge in [0.15, 0.2) is 0 Å². The van der Waals surface area contributed by atoms with E-state index in [0.29, 0.717) is 0 Å². The first-order chi connectivity index (χ1) is 11.2. The summed E-state index contributed by atoms with van der Waals surface area (Å²) >= 11 is 1.71. The number of aryl methyl sites for hydroxylation is 2. The van der Waals surface area contributed by atoms with Crippen LogP contribution in [-0.2, 0) is 19.3 Å². The monoisotopic (exact) mass is 326 g/mol. The Balaban J connectivity index is 1.67. The molecule has 3 nitrogen and oxygen atoms in total. The minimum absolute atomic E-state index is 0.148. The topological polar surface area (TPSA) is 46.3 Å². The average Bonchev–Trinajstić information content (AvgIpc) is 2.85. The fourth-order valence-electron chi connectivity index (χ4n) is 3.77. The minimum Gasteiger partial charge on any atom is -0.398 e. The molecule has 0 saturated carbocycles. The summed E-state index contributed by atoms with van der Waals surface area (Å²) < 4.78 is 0. The van der Waals surface area contributed by atoms with Crippen LogP contribution in [0.15, 0.2) is 24.3 Å².